The van der Waals surface area contributed by atoms with Crippen LogP contribution in [0.4, 0.5) is 4.79 Å². The maximum absolute atomic E-state index is 12.1. The molecular weight excluding hydrogens is 284 g/mol. The molecule has 2 unspecified atom stereocenters. The van der Waals surface area contributed by atoms with Crippen molar-refractivity contribution in [2.75, 3.05) is 5.75 Å². The van der Waals surface area contributed by atoms with E-state index in [1.165, 1.54) is 16.7 Å². The first-order valence-electron chi connectivity index (χ1n) is 5.93. The molecule has 1 aliphatic rings. The van der Waals surface area contributed by atoms with E-state index in [0.29, 0.717) is 12.3 Å². The molecule has 0 bridgehead atoms. The van der Waals surface area contributed by atoms with Crippen LogP contribution in [0, 0.1) is 6.92 Å². The van der Waals surface area contributed by atoms with Gasteiger partial charge < -0.3 is 10.4 Å². The molecule has 2 atom stereocenters. The van der Waals surface area contributed by atoms with Crippen molar-refractivity contribution in [3.63, 3.8) is 0 Å². The standard InChI is InChI=1S/C12H16N2O3S2/c1-7-4-18-5-9(7)3-13-12(17)14-8(2)19-6-10(14)11(15)16/h4-5,8,10H,3,6H2,1-2H3,(H,13,17)(H,15,16). The van der Waals surface area contributed by atoms with Crippen molar-refractivity contribution in [2.24, 2.45) is 0 Å². The SMILES string of the molecule is Cc1cscc1CNC(=O)N1C(C)SCC1C(=O)O. The smallest absolute Gasteiger partial charge is 0.327 e. The van der Waals surface area contributed by atoms with Gasteiger partial charge in [-0.05, 0) is 35.7 Å². The molecule has 5 nitrogen and oxygen atoms in total. The van der Waals surface area contributed by atoms with Gasteiger partial charge in [0.15, 0.2) is 0 Å². The topological polar surface area (TPSA) is 69.6 Å². The predicted octanol–water partition coefficient (Wildman–Crippen LogP) is 2.11. The van der Waals surface area contributed by atoms with Crippen LogP contribution in [-0.4, -0.2) is 39.2 Å². The summed E-state index contributed by atoms with van der Waals surface area (Å²) in [5, 5.41) is 15.8. The zero-order chi connectivity index (χ0) is 14.0. The number of carbonyl (C=O) groups excluding carboxylic acids is 1. The zero-order valence-corrected chi connectivity index (χ0v) is 12.4. The Morgan fingerprint density at radius 3 is 2.84 bits per heavy atom. The number of thioether (sulfide) groups is 1. The zero-order valence-electron chi connectivity index (χ0n) is 10.8. The highest BCUT2D eigenvalue weighted by Gasteiger charge is 2.39. The molecule has 1 aliphatic heterocycles. The van der Waals surface area contributed by atoms with E-state index in [2.05, 4.69) is 5.32 Å². The van der Waals surface area contributed by atoms with Gasteiger partial charge in [-0.3, -0.25) is 4.90 Å². The number of nitrogens with zero attached hydrogens (tertiary/aromatic N) is 1. The monoisotopic (exact) mass is 300 g/mol. The largest absolute Gasteiger partial charge is 0.480 e. The molecule has 104 valence electrons. The Balaban J connectivity index is 1.99. The van der Waals surface area contributed by atoms with Gasteiger partial charge in [-0.25, -0.2) is 9.59 Å². The molecule has 1 saturated heterocycles. The van der Waals surface area contributed by atoms with Crippen molar-refractivity contribution >= 4 is 35.1 Å². The molecule has 1 aromatic heterocycles. The third kappa shape index (κ3) is 3.03. The van der Waals surface area contributed by atoms with E-state index < -0.39 is 12.0 Å². The van der Waals surface area contributed by atoms with Crippen LogP contribution >= 0.6 is 23.1 Å². The van der Waals surface area contributed by atoms with E-state index in [1.807, 2.05) is 24.6 Å². The lowest BCUT2D eigenvalue weighted by Crippen LogP contribution is -2.49. The summed E-state index contributed by atoms with van der Waals surface area (Å²) < 4.78 is 0. The molecule has 0 saturated carbocycles. The summed E-state index contributed by atoms with van der Waals surface area (Å²) in [6, 6.07) is -1.04. The number of aryl methyl sites for hydroxylation is 1. The number of carbonyl (C=O) groups is 2. The molecule has 0 aliphatic carbocycles. The van der Waals surface area contributed by atoms with E-state index >= 15 is 0 Å². The second-order valence-electron chi connectivity index (χ2n) is 4.43. The fourth-order valence-electron chi connectivity index (χ4n) is 1.97. The number of thiophene rings is 1. The number of rotatable bonds is 3. The summed E-state index contributed by atoms with van der Waals surface area (Å²) in [5.41, 5.74) is 2.22. The van der Waals surface area contributed by atoms with Crippen molar-refractivity contribution in [3.05, 3.63) is 21.9 Å². The van der Waals surface area contributed by atoms with Gasteiger partial charge in [0.2, 0.25) is 0 Å². The summed E-state index contributed by atoms with van der Waals surface area (Å²) in [4.78, 5) is 24.6. The van der Waals surface area contributed by atoms with Gasteiger partial charge in [0, 0.05) is 12.3 Å². The third-order valence-electron chi connectivity index (χ3n) is 3.13. The quantitative estimate of drug-likeness (QED) is 0.897. The Hall–Kier alpha value is -1.21. The highest BCUT2D eigenvalue weighted by Crippen LogP contribution is 2.28. The van der Waals surface area contributed by atoms with Gasteiger partial charge in [0.1, 0.15) is 6.04 Å². The van der Waals surface area contributed by atoms with E-state index in [1.54, 1.807) is 11.3 Å². The Kier molecular flexibility index (Phi) is 4.36. The first-order chi connectivity index (χ1) is 9.00. The number of hydrogen-bond acceptors (Lipinski definition) is 4. The van der Waals surface area contributed by atoms with Crippen LogP contribution < -0.4 is 5.32 Å². The molecule has 0 aromatic carbocycles. The first-order valence-corrected chi connectivity index (χ1v) is 7.92. The van der Waals surface area contributed by atoms with Gasteiger partial charge in [0.05, 0.1) is 5.37 Å². The van der Waals surface area contributed by atoms with Crippen LogP contribution in [0.3, 0.4) is 0 Å². The summed E-state index contributed by atoms with van der Waals surface area (Å²) >= 11 is 3.08. The number of carboxylic acids is 1. The highest BCUT2D eigenvalue weighted by atomic mass is 32.2. The summed E-state index contributed by atoms with van der Waals surface area (Å²) in [7, 11) is 0. The predicted molar refractivity (Wildman–Crippen MR) is 76.5 cm³/mol. The Morgan fingerprint density at radius 1 is 1.53 bits per heavy atom. The van der Waals surface area contributed by atoms with Gasteiger partial charge >= 0.3 is 12.0 Å². The number of hydrogen-bond donors (Lipinski definition) is 2. The summed E-state index contributed by atoms with van der Waals surface area (Å²) in [6.45, 7) is 4.28. The summed E-state index contributed by atoms with van der Waals surface area (Å²) in [5.74, 6) is -0.500. The molecule has 2 N–H and O–H groups in total. The van der Waals surface area contributed by atoms with Gasteiger partial charge in [0.25, 0.3) is 0 Å². The average molecular weight is 300 g/mol. The molecule has 19 heavy (non-hydrogen) atoms. The van der Waals surface area contributed by atoms with E-state index in [-0.39, 0.29) is 11.4 Å². The first kappa shape index (κ1) is 14.2. The minimum absolute atomic E-state index is 0.107. The molecule has 0 radical (unpaired) electrons. The normalized spacial score (nSPS) is 22.5. The number of aliphatic carboxylic acids is 1. The van der Waals surface area contributed by atoms with E-state index in [0.717, 1.165) is 11.1 Å². The van der Waals surface area contributed by atoms with Crippen LogP contribution in [0.5, 0.6) is 0 Å². The second-order valence-corrected chi connectivity index (χ2v) is 6.53. The molecular formula is C12H16N2O3S2. The third-order valence-corrected chi connectivity index (χ3v) is 5.26. The van der Waals surface area contributed by atoms with Gasteiger partial charge in [-0.2, -0.15) is 11.3 Å². The molecule has 1 aromatic rings. The highest BCUT2D eigenvalue weighted by molar-refractivity contribution is 8.00. The Labute approximate surface area is 120 Å². The molecule has 2 rings (SSSR count). The molecule has 2 heterocycles. The van der Waals surface area contributed by atoms with Crippen molar-refractivity contribution in [1.82, 2.24) is 10.2 Å². The number of urea groups is 1. The lowest BCUT2D eigenvalue weighted by atomic mass is 10.2. The Bertz CT molecular complexity index is 489. The maximum Gasteiger partial charge on any atom is 0.327 e. The lowest BCUT2D eigenvalue weighted by Gasteiger charge is -2.25. The van der Waals surface area contributed by atoms with Crippen LogP contribution in [0.1, 0.15) is 18.1 Å². The van der Waals surface area contributed by atoms with Crippen molar-refractivity contribution in [2.45, 2.75) is 31.8 Å². The van der Waals surface area contributed by atoms with Crippen LogP contribution in [0.15, 0.2) is 10.8 Å². The Morgan fingerprint density at radius 2 is 2.26 bits per heavy atom. The van der Waals surface area contributed by atoms with Gasteiger partial charge in [-0.15, -0.1) is 11.8 Å². The lowest BCUT2D eigenvalue weighted by molar-refractivity contribution is -0.141. The van der Waals surface area contributed by atoms with E-state index in [4.69, 9.17) is 5.11 Å². The van der Waals surface area contributed by atoms with E-state index in [9.17, 15) is 9.59 Å². The van der Waals surface area contributed by atoms with Crippen molar-refractivity contribution in [1.29, 1.82) is 0 Å². The van der Waals surface area contributed by atoms with Crippen molar-refractivity contribution < 1.29 is 14.7 Å². The van der Waals surface area contributed by atoms with Crippen LogP contribution in [-0.2, 0) is 11.3 Å². The molecule has 7 heteroatoms. The molecule has 1 fully saturated rings. The van der Waals surface area contributed by atoms with Crippen molar-refractivity contribution in [3.8, 4) is 0 Å². The average Bonchev–Trinajstić information content (AvgIpc) is 2.92. The fraction of sp³-hybridized carbons (Fsp3) is 0.500. The van der Waals surface area contributed by atoms with Crippen LogP contribution in [0.25, 0.3) is 0 Å². The second kappa shape index (κ2) is 5.83. The van der Waals surface area contributed by atoms with Gasteiger partial charge in [-0.1, -0.05) is 0 Å². The maximum atomic E-state index is 12.1. The minimum Gasteiger partial charge on any atom is -0.480 e. The minimum atomic E-state index is -0.946. The molecule has 0 spiro atoms. The molecule has 2 amide bonds. The fourth-order valence-corrected chi connectivity index (χ4v) is 4.00. The number of nitrogens with one attached hydrogen (secondary N) is 1. The number of amides is 2. The number of carboxylic acid groups (broad SMARTS) is 1. The van der Waals surface area contributed by atoms with Crippen LogP contribution in [0.2, 0.25) is 0 Å². The summed E-state index contributed by atoms with van der Waals surface area (Å²) in [6.07, 6.45) is 0.